The van der Waals surface area contributed by atoms with Gasteiger partial charge >= 0.3 is 5.37 Å². The van der Waals surface area contributed by atoms with Gasteiger partial charge in [0, 0.05) is 0 Å². The Morgan fingerprint density at radius 1 is 1.86 bits per heavy atom. The van der Waals surface area contributed by atoms with Gasteiger partial charge in [-0.1, -0.05) is 5.10 Å². The average molecular weight is 120 g/mol. The van der Waals surface area contributed by atoms with Crippen LogP contribution in [-0.2, 0) is 4.79 Å². The van der Waals surface area contributed by atoms with Crippen molar-refractivity contribution < 1.29 is 9.59 Å². The minimum atomic E-state index is -0.900. The molecule has 0 aromatic heterocycles. The van der Waals surface area contributed by atoms with E-state index in [9.17, 15) is 4.79 Å². The number of hydrazone groups is 1. The molecule has 0 atom stereocenters. The van der Waals surface area contributed by atoms with Crippen LogP contribution in [0.15, 0.2) is 5.10 Å². The quantitative estimate of drug-likeness (QED) is 0.177. The van der Waals surface area contributed by atoms with Gasteiger partial charge in [0.1, 0.15) is 0 Å². The lowest BCUT2D eigenvalue weighted by molar-refractivity contribution is 0.260. The van der Waals surface area contributed by atoms with Crippen molar-refractivity contribution >= 4 is 23.0 Å². The molecule has 0 aromatic carbocycles. The second-order valence-electron chi connectivity index (χ2n) is 0.589. The minimum Gasteiger partial charge on any atom is -0.254 e. The molecule has 0 rings (SSSR count). The summed E-state index contributed by atoms with van der Waals surface area (Å²) in [6, 6.07) is 0. The fourth-order valence-electron chi connectivity index (χ4n) is 0.0668. The van der Waals surface area contributed by atoms with Gasteiger partial charge in [-0.25, -0.2) is 10.2 Å². The van der Waals surface area contributed by atoms with E-state index >= 15 is 0 Å². The zero-order valence-electron chi connectivity index (χ0n) is 3.14. The molecule has 0 saturated carbocycles. The van der Waals surface area contributed by atoms with Gasteiger partial charge in [0.05, 0.1) is 0 Å². The number of hydrogen-bond donors (Lipinski definition) is 1. The van der Waals surface area contributed by atoms with Crippen LogP contribution in [0.2, 0.25) is 0 Å². The number of carbonyl (C=O) groups is 1. The van der Waals surface area contributed by atoms with Crippen LogP contribution in [0.3, 0.4) is 0 Å². The lowest BCUT2D eigenvalue weighted by atomic mass is 11.4. The van der Waals surface area contributed by atoms with Crippen LogP contribution in [0.1, 0.15) is 0 Å². The maximum absolute atomic E-state index is 9.58. The number of nitrogens with one attached hydrogen (secondary N) is 1. The number of halogens is 1. The third kappa shape index (κ3) is 5.14. The zero-order chi connectivity index (χ0) is 5.70. The maximum Gasteiger partial charge on any atom is 0.334 e. The van der Waals surface area contributed by atoms with E-state index in [4.69, 9.17) is 4.79 Å². The minimum absolute atomic E-state index is 0.900. The van der Waals surface area contributed by atoms with E-state index in [1.165, 1.54) is 0 Å². The first kappa shape index (κ1) is 6.14. The predicted molar refractivity (Wildman–Crippen MR) is 22.5 cm³/mol. The summed E-state index contributed by atoms with van der Waals surface area (Å²) in [7, 11) is 0. The van der Waals surface area contributed by atoms with Gasteiger partial charge in [-0.3, -0.25) is 4.79 Å². The van der Waals surface area contributed by atoms with Crippen molar-refractivity contribution in [2.24, 2.45) is 5.10 Å². The van der Waals surface area contributed by atoms with E-state index in [1.807, 2.05) is 0 Å². The Morgan fingerprint density at radius 2 is 2.43 bits per heavy atom. The summed E-state index contributed by atoms with van der Waals surface area (Å²) in [6.45, 7) is 0. The van der Waals surface area contributed by atoms with Gasteiger partial charge in [-0.2, -0.15) is 0 Å². The molecule has 7 heavy (non-hydrogen) atoms. The third-order valence-corrected chi connectivity index (χ3v) is 0.274. The molecule has 0 saturated heterocycles. The Bertz CT molecular complexity index is 117. The molecule has 0 bridgehead atoms. The van der Waals surface area contributed by atoms with Crippen molar-refractivity contribution in [2.75, 3.05) is 0 Å². The molecule has 5 heteroatoms. The summed E-state index contributed by atoms with van der Waals surface area (Å²) in [5, 5.41) is 1.73. The highest BCUT2D eigenvalue weighted by molar-refractivity contribution is 6.62. The Morgan fingerprint density at radius 3 is 2.57 bits per heavy atom. The van der Waals surface area contributed by atoms with Gasteiger partial charge in [0.25, 0.3) is 6.08 Å². The molecule has 0 unspecified atom stereocenters. The van der Waals surface area contributed by atoms with Crippen molar-refractivity contribution in [3.05, 3.63) is 0 Å². The Labute approximate surface area is 44.1 Å². The number of isocyanates is 1. The number of nitrogens with zero attached hydrogens (tertiary/aromatic N) is 1. The number of carbonyl (C=O) groups excluding carboxylic acids is 2. The third-order valence-electron chi connectivity index (χ3n) is 0.189. The highest BCUT2D eigenvalue weighted by Gasteiger charge is 1.83. The standard InChI is InChI=1S/C2HClN2O2/c3-2(7)5-4-1-6/h(H,5,7). The maximum atomic E-state index is 9.58. The normalized spacial score (nSPS) is 6.43. The smallest absolute Gasteiger partial charge is 0.254 e. The lowest BCUT2D eigenvalue weighted by Crippen LogP contribution is -2.05. The zero-order valence-corrected chi connectivity index (χ0v) is 3.90. The van der Waals surface area contributed by atoms with Crippen LogP contribution in [-0.4, -0.2) is 11.4 Å². The molecule has 1 amide bonds. The summed E-state index contributed by atoms with van der Waals surface area (Å²) in [4.78, 5) is 18.7. The molecule has 1 N–H and O–H groups in total. The number of amides is 1. The molecule has 0 radical (unpaired) electrons. The molecule has 0 aromatic rings. The first-order valence-corrected chi connectivity index (χ1v) is 1.67. The van der Waals surface area contributed by atoms with Crippen molar-refractivity contribution in [2.45, 2.75) is 0 Å². The van der Waals surface area contributed by atoms with Gasteiger partial charge in [-0.05, 0) is 11.6 Å². The van der Waals surface area contributed by atoms with E-state index < -0.39 is 5.37 Å². The van der Waals surface area contributed by atoms with E-state index in [0.29, 0.717) is 0 Å². The van der Waals surface area contributed by atoms with Gasteiger partial charge < -0.3 is 0 Å². The van der Waals surface area contributed by atoms with Crippen LogP contribution in [0.25, 0.3) is 0 Å². The summed E-state index contributed by atoms with van der Waals surface area (Å²) in [5.41, 5.74) is 1.62. The highest BCUT2D eigenvalue weighted by Crippen LogP contribution is 1.72. The lowest BCUT2D eigenvalue weighted by Gasteiger charge is -1.77. The van der Waals surface area contributed by atoms with Gasteiger partial charge in [0.2, 0.25) is 0 Å². The van der Waals surface area contributed by atoms with Crippen LogP contribution in [0.4, 0.5) is 4.79 Å². The van der Waals surface area contributed by atoms with E-state index in [2.05, 4.69) is 16.7 Å². The van der Waals surface area contributed by atoms with Gasteiger partial charge in [-0.15, -0.1) is 0 Å². The average Bonchev–Trinajstić information content (AvgIpc) is 1.61. The summed E-state index contributed by atoms with van der Waals surface area (Å²) in [5.74, 6) is 0. The molecule has 0 aliphatic heterocycles. The molecule has 0 aliphatic carbocycles. The van der Waals surface area contributed by atoms with E-state index in [1.54, 1.807) is 5.43 Å². The van der Waals surface area contributed by atoms with Crippen LogP contribution in [0, 0.1) is 0 Å². The van der Waals surface area contributed by atoms with Crippen molar-refractivity contribution in [1.29, 1.82) is 0 Å². The summed E-state index contributed by atoms with van der Waals surface area (Å²) >= 11 is 4.63. The fourth-order valence-corrected chi connectivity index (χ4v) is 0.109. The Kier molecular flexibility index (Phi) is 2.92. The Balaban J connectivity index is 3.32. The molecule has 38 valence electrons. The van der Waals surface area contributed by atoms with Crippen LogP contribution >= 0.6 is 11.6 Å². The first-order chi connectivity index (χ1) is 3.27. The van der Waals surface area contributed by atoms with Crippen molar-refractivity contribution in [1.82, 2.24) is 5.43 Å². The number of hydrogen-bond acceptors (Lipinski definition) is 3. The number of rotatable bonds is 1. The SMILES string of the molecule is O=C=NNC(=O)Cl. The second kappa shape index (κ2) is 3.33. The highest BCUT2D eigenvalue weighted by atomic mass is 35.5. The van der Waals surface area contributed by atoms with Crippen molar-refractivity contribution in [3.8, 4) is 0 Å². The molecular formula is C2HClN2O2. The van der Waals surface area contributed by atoms with E-state index in [0.717, 1.165) is 6.08 Å². The van der Waals surface area contributed by atoms with Crippen LogP contribution in [0.5, 0.6) is 0 Å². The van der Waals surface area contributed by atoms with Crippen molar-refractivity contribution in [3.63, 3.8) is 0 Å². The topological polar surface area (TPSA) is 58.5 Å². The summed E-state index contributed by atoms with van der Waals surface area (Å²) in [6.07, 6.45) is 1.06. The Hall–Kier alpha value is -0.860. The van der Waals surface area contributed by atoms with Gasteiger partial charge in [0.15, 0.2) is 0 Å². The molecule has 0 aliphatic rings. The molecule has 0 spiro atoms. The largest absolute Gasteiger partial charge is 0.334 e. The molecule has 4 nitrogen and oxygen atoms in total. The molecule has 0 heterocycles. The molecular weight excluding hydrogens is 119 g/mol. The first-order valence-electron chi connectivity index (χ1n) is 1.29. The fraction of sp³-hybridized carbons (Fsp3) is 0. The predicted octanol–water partition coefficient (Wildman–Crippen LogP) is 0.186. The van der Waals surface area contributed by atoms with E-state index in [-0.39, 0.29) is 0 Å². The van der Waals surface area contributed by atoms with Crippen LogP contribution < -0.4 is 5.43 Å². The second-order valence-corrected chi connectivity index (χ2v) is 0.932. The summed E-state index contributed by atoms with van der Waals surface area (Å²) < 4.78 is 0. The molecule has 0 fully saturated rings. The monoisotopic (exact) mass is 120 g/mol.